The molecule has 0 unspecified atom stereocenters. The first-order valence-corrected chi connectivity index (χ1v) is 11.4. The summed E-state index contributed by atoms with van der Waals surface area (Å²) in [6.07, 6.45) is 0. The normalized spacial score (nSPS) is 11.2. The number of nitrogens with zero attached hydrogens (tertiary/aromatic N) is 3. The Kier molecular flexibility index (Phi) is 5.79. The molecule has 2 heterocycles. The summed E-state index contributed by atoms with van der Waals surface area (Å²) in [6.45, 7) is 2.53. The summed E-state index contributed by atoms with van der Waals surface area (Å²) in [4.78, 5) is 12.1. The van der Waals surface area contributed by atoms with E-state index in [-0.39, 0.29) is 11.4 Å². The first-order chi connectivity index (χ1) is 16.1. The molecule has 0 N–H and O–H groups in total. The number of rotatable bonds is 6. The molecule has 0 spiro atoms. The first-order valence-electron chi connectivity index (χ1n) is 10.5. The van der Waals surface area contributed by atoms with E-state index >= 15 is 0 Å². The van der Waals surface area contributed by atoms with Crippen molar-refractivity contribution < 1.29 is 8.81 Å². The molecule has 164 valence electrons. The number of hydrogen-bond donors (Lipinski definition) is 0. The average Bonchev–Trinajstić information content (AvgIpc) is 3.20. The van der Waals surface area contributed by atoms with Crippen LogP contribution in [-0.2, 0) is 12.3 Å². The third-order valence-electron chi connectivity index (χ3n) is 5.35. The van der Waals surface area contributed by atoms with E-state index < -0.39 is 0 Å². The van der Waals surface area contributed by atoms with Gasteiger partial charge in [0.2, 0.25) is 0 Å². The maximum atomic E-state index is 13.5. The van der Waals surface area contributed by atoms with Crippen LogP contribution in [0, 0.1) is 12.7 Å². The van der Waals surface area contributed by atoms with Crippen molar-refractivity contribution in [2.75, 3.05) is 0 Å². The van der Waals surface area contributed by atoms with Crippen LogP contribution >= 0.6 is 11.8 Å². The van der Waals surface area contributed by atoms with Gasteiger partial charge in [0.05, 0.1) is 6.54 Å². The van der Waals surface area contributed by atoms with Crippen LogP contribution in [0.15, 0.2) is 93.2 Å². The Bertz CT molecular complexity index is 1480. The van der Waals surface area contributed by atoms with Crippen LogP contribution in [0.3, 0.4) is 0 Å². The molecule has 0 saturated heterocycles. The minimum atomic E-state index is -0.374. The van der Waals surface area contributed by atoms with Gasteiger partial charge >= 0.3 is 5.63 Å². The SMILES string of the molecule is Cc1ccc2c(CSc3nnc(-c4ccc(F)cc4)n3Cc3ccccc3)cc(=O)oc2c1. The molecule has 0 bridgehead atoms. The van der Waals surface area contributed by atoms with Crippen molar-refractivity contribution in [3.05, 3.63) is 112 Å². The molecule has 3 aromatic carbocycles. The predicted molar refractivity (Wildman–Crippen MR) is 128 cm³/mol. The van der Waals surface area contributed by atoms with Gasteiger partial charge in [-0.15, -0.1) is 10.2 Å². The van der Waals surface area contributed by atoms with Crippen LogP contribution in [0.5, 0.6) is 0 Å². The van der Waals surface area contributed by atoms with E-state index in [0.29, 0.717) is 28.9 Å². The zero-order chi connectivity index (χ0) is 22.8. The lowest BCUT2D eigenvalue weighted by molar-refractivity contribution is 0.559. The Hall–Kier alpha value is -3.71. The minimum absolute atomic E-state index is 0.299. The minimum Gasteiger partial charge on any atom is -0.423 e. The molecule has 0 atom stereocenters. The molecule has 33 heavy (non-hydrogen) atoms. The fraction of sp³-hybridized carbons (Fsp3) is 0.115. The molecule has 0 saturated carbocycles. The highest BCUT2D eigenvalue weighted by Crippen LogP contribution is 2.29. The average molecular weight is 458 g/mol. The van der Waals surface area contributed by atoms with Gasteiger partial charge in [0.1, 0.15) is 11.4 Å². The first kappa shape index (κ1) is 21.2. The highest BCUT2D eigenvalue weighted by molar-refractivity contribution is 7.98. The van der Waals surface area contributed by atoms with Crippen molar-refractivity contribution in [2.24, 2.45) is 0 Å². The van der Waals surface area contributed by atoms with Crippen LogP contribution < -0.4 is 5.63 Å². The fourth-order valence-electron chi connectivity index (χ4n) is 3.72. The third-order valence-corrected chi connectivity index (χ3v) is 6.36. The smallest absolute Gasteiger partial charge is 0.336 e. The number of aryl methyl sites for hydroxylation is 1. The van der Waals surface area contributed by atoms with E-state index in [1.165, 1.54) is 30.0 Å². The maximum absolute atomic E-state index is 13.5. The van der Waals surface area contributed by atoms with Crippen LogP contribution in [0.25, 0.3) is 22.4 Å². The van der Waals surface area contributed by atoms with Gasteiger partial charge in [-0.3, -0.25) is 4.57 Å². The van der Waals surface area contributed by atoms with Crippen LogP contribution in [-0.4, -0.2) is 14.8 Å². The van der Waals surface area contributed by atoms with Gasteiger partial charge in [0.25, 0.3) is 0 Å². The van der Waals surface area contributed by atoms with E-state index in [9.17, 15) is 9.18 Å². The number of thioether (sulfide) groups is 1. The largest absolute Gasteiger partial charge is 0.423 e. The number of aromatic nitrogens is 3. The van der Waals surface area contributed by atoms with Crippen molar-refractivity contribution in [1.82, 2.24) is 14.8 Å². The van der Waals surface area contributed by atoms with Gasteiger partial charge in [-0.05, 0) is 53.9 Å². The lowest BCUT2D eigenvalue weighted by Crippen LogP contribution is -2.05. The number of fused-ring (bicyclic) bond motifs is 1. The lowest BCUT2D eigenvalue weighted by Gasteiger charge is -2.11. The molecule has 7 heteroatoms. The topological polar surface area (TPSA) is 60.9 Å². The third kappa shape index (κ3) is 4.59. The Morgan fingerprint density at radius 3 is 2.55 bits per heavy atom. The summed E-state index contributed by atoms with van der Waals surface area (Å²) in [5, 5.41) is 10.4. The molecule has 0 fully saturated rings. The molecule has 0 amide bonds. The second-order valence-corrected chi connectivity index (χ2v) is 8.71. The molecule has 0 aliphatic rings. The van der Waals surface area contributed by atoms with E-state index in [2.05, 4.69) is 10.2 Å². The highest BCUT2D eigenvalue weighted by Gasteiger charge is 2.16. The van der Waals surface area contributed by atoms with Gasteiger partial charge in [0.15, 0.2) is 11.0 Å². The van der Waals surface area contributed by atoms with Crippen LogP contribution in [0.2, 0.25) is 0 Å². The van der Waals surface area contributed by atoms with E-state index in [1.807, 2.05) is 60.0 Å². The predicted octanol–water partition coefficient (Wildman–Crippen LogP) is 5.84. The maximum Gasteiger partial charge on any atom is 0.336 e. The van der Waals surface area contributed by atoms with Crippen molar-refractivity contribution in [2.45, 2.75) is 24.4 Å². The highest BCUT2D eigenvalue weighted by atomic mass is 32.2. The number of benzene rings is 3. The Morgan fingerprint density at radius 1 is 0.970 bits per heavy atom. The monoisotopic (exact) mass is 457 g/mol. The van der Waals surface area contributed by atoms with Crippen molar-refractivity contribution in [3.63, 3.8) is 0 Å². The molecule has 5 aromatic rings. The van der Waals surface area contributed by atoms with Crippen LogP contribution in [0.4, 0.5) is 4.39 Å². The Morgan fingerprint density at radius 2 is 1.76 bits per heavy atom. The van der Waals surface area contributed by atoms with E-state index in [4.69, 9.17) is 4.42 Å². The second-order valence-electron chi connectivity index (χ2n) is 7.76. The molecular weight excluding hydrogens is 437 g/mol. The van der Waals surface area contributed by atoms with Crippen LogP contribution in [0.1, 0.15) is 16.7 Å². The second kappa shape index (κ2) is 9.03. The lowest BCUT2D eigenvalue weighted by atomic mass is 10.1. The standard InChI is InChI=1S/C26H20FN3O2S/c1-17-7-12-22-20(14-24(31)32-23(22)13-17)16-33-26-29-28-25(19-8-10-21(27)11-9-19)30(26)15-18-5-3-2-4-6-18/h2-14H,15-16H2,1H3. The number of halogens is 1. The van der Waals surface area contributed by atoms with Crippen molar-refractivity contribution in [3.8, 4) is 11.4 Å². The van der Waals surface area contributed by atoms with Gasteiger partial charge < -0.3 is 4.42 Å². The summed E-state index contributed by atoms with van der Waals surface area (Å²) in [5.41, 5.74) is 4.00. The Balaban J connectivity index is 1.51. The van der Waals surface area contributed by atoms with Gasteiger partial charge in [0, 0.05) is 22.8 Å². The van der Waals surface area contributed by atoms with Crippen molar-refractivity contribution >= 4 is 22.7 Å². The summed E-state index contributed by atoms with van der Waals surface area (Å²) in [7, 11) is 0. The molecule has 0 radical (unpaired) electrons. The molecular formula is C26H20FN3O2S. The van der Waals surface area contributed by atoms with Gasteiger partial charge in [-0.1, -0.05) is 54.2 Å². The molecule has 5 nitrogen and oxygen atoms in total. The van der Waals surface area contributed by atoms with E-state index in [1.54, 1.807) is 12.1 Å². The van der Waals surface area contributed by atoms with Crippen molar-refractivity contribution in [1.29, 1.82) is 0 Å². The summed E-state index contributed by atoms with van der Waals surface area (Å²) in [5.74, 6) is 0.892. The summed E-state index contributed by atoms with van der Waals surface area (Å²) < 4.78 is 20.9. The molecule has 0 aliphatic heterocycles. The van der Waals surface area contributed by atoms with Gasteiger partial charge in [-0.25, -0.2) is 9.18 Å². The van der Waals surface area contributed by atoms with Gasteiger partial charge in [-0.2, -0.15) is 0 Å². The van der Waals surface area contributed by atoms with E-state index in [0.717, 1.165) is 27.6 Å². The molecule has 2 aromatic heterocycles. The quantitative estimate of drug-likeness (QED) is 0.237. The zero-order valence-corrected chi connectivity index (χ0v) is 18.7. The fourth-order valence-corrected chi connectivity index (χ4v) is 4.64. The summed E-state index contributed by atoms with van der Waals surface area (Å²) >= 11 is 1.50. The zero-order valence-electron chi connectivity index (χ0n) is 17.9. The Labute approximate surface area is 193 Å². The molecule has 5 rings (SSSR count). The summed E-state index contributed by atoms with van der Waals surface area (Å²) in [6, 6.07) is 23.6. The molecule has 0 aliphatic carbocycles. The number of hydrogen-bond acceptors (Lipinski definition) is 5.